The van der Waals surface area contributed by atoms with Crippen LogP contribution in [0.25, 0.3) is 0 Å². The highest BCUT2D eigenvalue weighted by Gasteiger charge is 2.17. The normalized spacial score (nSPS) is 19.0. The van der Waals surface area contributed by atoms with Crippen LogP contribution in [0.1, 0.15) is 29.3 Å². The highest BCUT2D eigenvalue weighted by Crippen LogP contribution is 2.15. The molecule has 1 aromatic carbocycles. The molecule has 20 heavy (non-hydrogen) atoms. The molecule has 0 radical (unpaired) electrons. The highest BCUT2D eigenvalue weighted by atomic mass is 16.5. The number of ether oxygens (including phenoxy) is 1. The molecular weight excluding hydrogens is 252 g/mol. The minimum absolute atomic E-state index is 0.261. The Morgan fingerprint density at radius 3 is 3.10 bits per heavy atom. The van der Waals surface area contributed by atoms with E-state index in [1.54, 1.807) is 6.07 Å². The van der Waals surface area contributed by atoms with E-state index in [9.17, 15) is 4.79 Å². The van der Waals surface area contributed by atoms with E-state index in [1.807, 2.05) is 25.1 Å². The molecule has 1 atom stereocenters. The lowest BCUT2D eigenvalue weighted by molar-refractivity contribution is 0.0526. The molecule has 0 saturated carbocycles. The van der Waals surface area contributed by atoms with Gasteiger partial charge in [0.1, 0.15) is 0 Å². The molecule has 1 heterocycles. The summed E-state index contributed by atoms with van der Waals surface area (Å²) in [7, 11) is 0. The van der Waals surface area contributed by atoms with Gasteiger partial charge in [0.05, 0.1) is 12.2 Å². The maximum Gasteiger partial charge on any atom is 0.338 e. The molecule has 0 saturated heterocycles. The van der Waals surface area contributed by atoms with Gasteiger partial charge in [0.2, 0.25) is 0 Å². The number of hydrogen-bond acceptors (Lipinski definition) is 4. The first-order chi connectivity index (χ1) is 9.74. The number of rotatable bonds is 5. The fourth-order valence-corrected chi connectivity index (χ4v) is 2.45. The molecule has 0 spiro atoms. The Hall–Kier alpha value is -1.65. The lowest BCUT2D eigenvalue weighted by atomic mass is 10.1. The summed E-state index contributed by atoms with van der Waals surface area (Å²) >= 11 is 0. The quantitative estimate of drug-likeness (QED) is 0.658. The Balaban J connectivity index is 2.07. The summed E-state index contributed by atoms with van der Waals surface area (Å²) in [5.74, 6) is -0.261. The molecule has 4 nitrogen and oxygen atoms in total. The summed E-state index contributed by atoms with van der Waals surface area (Å²) in [6.07, 6.45) is 5.40. The SMILES string of the molecule is CCOC(=O)c1cccc(CN2CCC=CC2CN)c1. The van der Waals surface area contributed by atoms with Crippen LogP contribution in [0, 0.1) is 0 Å². The van der Waals surface area contributed by atoms with Crippen LogP contribution in [0.2, 0.25) is 0 Å². The number of carbonyl (C=O) groups is 1. The van der Waals surface area contributed by atoms with Crippen molar-refractivity contribution in [2.24, 2.45) is 5.73 Å². The van der Waals surface area contributed by atoms with Crippen LogP contribution in [0.15, 0.2) is 36.4 Å². The van der Waals surface area contributed by atoms with E-state index >= 15 is 0 Å². The summed E-state index contributed by atoms with van der Waals surface area (Å²) < 4.78 is 5.03. The number of hydrogen-bond donors (Lipinski definition) is 1. The molecule has 2 N–H and O–H groups in total. The molecule has 1 aromatic rings. The molecule has 0 bridgehead atoms. The van der Waals surface area contributed by atoms with Crippen molar-refractivity contribution >= 4 is 5.97 Å². The van der Waals surface area contributed by atoms with E-state index in [2.05, 4.69) is 17.1 Å². The minimum Gasteiger partial charge on any atom is -0.462 e. The molecule has 1 aliphatic heterocycles. The van der Waals surface area contributed by atoms with Crippen molar-refractivity contribution in [3.05, 3.63) is 47.5 Å². The molecule has 1 unspecified atom stereocenters. The van der Waals surface area contributed by atoms with Gasteiger partial charge in [0.25, 0.3) is 0 Å². The van der Waals surface area contributed by atoms with Crippen molar-refractivity contribution in [3.63, 3.8) is 0 Å². The zero-order valence-corrected chi connectivity index (χ0v) is 11.9. The largest absolute Gasteiger partial charge is 0.462 e. The van der Waals surface area contributed by atoms with Gasteiger partial charge < -0.3 is 10.5 Å². The average molecular weight is 274 g/mol. The number of carbonyl (C=O) groups excluding carboxylic acids is 1. The molecule has 0 fully saturated rings. The van der Waals surface area contributed by atoms with Crippen molar-refractivity contribution < 1.29 is 9.53 Å². The van der Waals surface area contributed by atoms with E-state index in [-0.39, 0.29) is 12.0 Å². The standard InChI is InChI=1S/C16H22N2O2/c1-2-20-16(19)14-7-5-6-13(10-14)12-18-9-4-3-8-15(18)11-17/h3,5-8,10,15H,2,4,9,11-12,17H2,1H3. The van der Waals surface area contributed by atoms with Crippen molar-refractivity contribution in [1.29, 1.82) is 0 Å². The van der Waals surface area contributed by atoms with Gasteiger partial charge in [-0.15, -0.1) is 0 Å². The number of benzene rings is 1. The molecule has 1 aliphatic rings. The smallest absolute Gasteiger partial charge is 0.338 e. The highest BCUT2D eigenvalue weighted by molar-refractivity contribution is 5.89. The fraction of sp³-hybridized carbons (Fsp3) is 0.438. The van der Waals surface area contributed by atoms with E-state index in [4.69, 9.17) is 10.5 Å². The maximum atomic E-state index is 11.7. The first kappa shape index (κ1) is 14.8. The van der Waals surface area contributed by atoms with E-state index in [0.717, 1.165) is 25.1 Å². The third kappa shape index (κ3) is 3.68. The number of nitrogens with zero attached hydrogens (tertiary/aromatic N) is 1. The zero-order valence-electron chi connectivity index (χ0n) is 11.9. The van der Waals surface area contributed by atoms with Crippen LogP contribution in [-0.2, 0) is 11.3 Å². The van der Waals surface area contributed by atoms with E-state index < -0.39 is 0 Å². The first-order valence-corrected chi connectivity index (χ1v) is 7.11. The van der Waals surface area contributed by atoms with Crippen LogP contribution in [0.5, 0.6) is 0 Å². The van der Waals surface area contributed by atoms with Crippen molar-refractivity contribution in [2.75, 3.05) is 19.7 Å². The summed E-state index contributed by atoms with van der Waals surface area (Å²) in [4.78, 5) is 14.1. The Morgan fingerprint density at radius 1 is 1.50 bits per heavy atom. The van der Waals surface area contributed by atoms with Gasteiger partial charge in [0, 0.05) is 25.7 Å². The van der Waals surface area contributed by atoms with Gasteiger partial charge >= 0.3 is 5.97 Å². The monoisotopic (exact) mass is 274 g/mol. The molecule has 2 rings (SSSR count). The minimum atomic E-state index is -0.261. The van der Waals surface area contributed by atoms with E-state index in [0.29, 0.717) is 18.7 Å². The second-order valence-electron chi connectivity index (χ2n) is 4.91. The van der Waals surface area contributed by atoms with E-state index in [1.165, 1.54) is 0 Å². The van der Waals surface area contributed by atoms with Gasteiger partial charge in [-0.2, -0.15) is 0 Å². The second kappa shape index (κ2) is 7.22. The maximum absolute atomic E-state index is 11.7. The third-order valence-electron chi connectivity index (χ3n) is 3.48. The Bertz CT molecular complexity index is 485. The zero-order chi connectivity index (χ0) is 14.4. The molecular formula is C16H22N2O2. The molecule has 0 amide bonds. The number of nitrogens with two attached hydrogens (primary N) is 1. The summed E-state index contributed by atoms with van der Waals surface area (Å²) in [6, 6.07) is 7.92. The molecule has 0 aliphatic carbocycles. The average Bonchev–Trinajstić information content (AvgIpc) is 2.48. The van der Waals surface area contributed by atoms with Gasteiger partial charge in [-0.1, -0.05) is 24.3 Å². The van der Waals surface area contributed by atoms with Crippen LogP contribution in [0.4, 0.5) is 0 Å². The van der Waals surface area contributed by atoms with Gasteiger partial charge in [-0.05, 0) is 31.0 Å². The molecule has 108 valence electrons. The Labute approximate surface area is 120 Å². The lowest BCUT2D eigenvalue weighted by Gasteiger charge is -2.31. The summed E-state index contributed by atoms with van der Waals surface area (Å²) in [5, 5.41) is 0. The fourth-order valence-electron chi connectivity index (χ4n) is 2.45. The Kier molecular flexibility index (Phi) is 5.32. The van der Waals surface area contributed by atoms with Crippen LogP contribution >= 0.6 is 0 Å². The first-order valence-electron chi connectivity index (χ1n) is 7.11. The third-order valence-corrected chi connectivity index (χ3v) is 3.48. The van der Waals surface area contributed by atoms with Crippen LogP contribution in [-0.4, -0.2) is 36.6 Å². The van der Waals surface area contributed by atoms with Crippen molar-refractivity contribution in [1.82, 2.24) is 4.90 Å². The Morgan fingerprint density at radius 2 is 2.35 bits per heavy atom. The van der Waals surface area contributed by atoms with Crippen molar-refractivity contribution in [3.8, 4) is 0 Å². The molecule has 4 heteroatoms. The lowest BCUT2D eigenvalue weighted by Crippen LogP contribution is -2.41. The van der Waals surface area contributed by atoms with Gasteiger partial charge in [-0.25, -0.2) is 4.79 Å². The van der Waals surface area contributed by atoms with Gasteiger partial charge in [0.15, 0.2) is 0 Å². The molecule has 0 aromatic heterocycles. The topological polar surface area (TPSA) is 55.6 Å². The van der Waals surface area contributed by atoms with Gasteiger partial charge in [-0.3, -0.25) is 4.90 Å². The number of esters is 1. The summed E-state index contributed by atoms with van der Waals surface area (Å²) in [5.41, 5.74) is 7.53. The van der Waals surface area contributed by atoms with Crippen molar-refractivity contribution in [2.45, 2.75) is 25.9 Å². The van der Waals surface area contributed by atoms with Crippen LogP contribution in [0.3, 0.4) is 0 Å². The predicted molar refractivity (Wildman–Crippen MR) is 79.4 cm³/mol. The predicted octanol–water partition coefficient (Wildman–Crippen LogP) is 1.95. The van der Waals surface area contributed by atoms with Crippen LogP contribution < -0.4 is 5.73 Å². The summed E-state index contributed by atoms with van der Waals surface area (Å²) in [6.45, 7) is 4.64. The second-order valence-corrected chi connectivity index (χ2v) is 4.91.